The number of anilines is 3. The predicted octanol–water partition coefficient (Wildman–Crippen LogP) is 14.5. The van der Waals surface area contributed by atoms with E-state index in [0.29, 0.717) is 17.6 Å². The Labute approximate surface area is 349 Å². The SMILES string of the molecule is Cc1ccc2c(c1)c1ccccc1c1cc3c(cc21)C(C)(C)c1cc2c(cc1-3)C(C)(C)c1cc3ccccc3cc1N2c1nc(-c2ccccc2)nc(-c2ccccc2)n1. The molecule has 12 rings (SSSR count). The molecule has 0 unspecified atom stereocenters. The summed E-state index contributed by atoms with van der Waals surface area (Å²) in [5, 5.41) is 10.2. The molecule has 0 amide bonds. The van der Waals surface area contributed by atoms with Gasteiger partial charge in [0.25, 0.3) is 0 Å². The average molecular weight is 771 g/mol. The Bertz CT molecular complexity index is 3380. The molecule has 0 saturated carbocycles. The van der Waals surface area contributed by atoms with E-state index in [-0.39, 0.29) is 10.8 Å². The van der Waals surface area contributed by atoms with Crippen LogP contribution in [0.4, 0.5) is 17.3 Å². The van der Waals surface area contributed by atoms with Gasteiger partial charge < -0.3 is 0 Å². The zero-order chi connectivity index (χ0) is 40.5. The minimum absolute atomic E-state index is 0.278. The molecule has 1 aliphatic heterocycles. The maximum atomic E-state index is 5.35. The highest BCUT2D eigenvalue weighted by Crippen LogP contribution is 2.58. The summed E-state index contributed by atoms with van der Waals surface area (Å²) in [7, 11) is 0. The van der Waals surface area contributed by atoms with E-state index < -0.39 is 0 Å². The molecule has 1 aliphatic carbocycles. The summed E-state index contributed by atoms with van der Waals surface area (Å²) in [6, 6.07) is 59.7. The van der Waals surface area contributed by atoms with Crippen molar-refractivity contribution in [2.24, 2.45) is 0 Å². The van der Waals surface area contributed by atoms with Crippen LogP contribution in [-0.4, -0.2) is 15.0 Å². The molecule has 4 heteroatoms. The van der Waals surface area contributed by atoms with Crippen LogP contribution in [0.15, 0.2) is 164 Å². The minimum atomic E-state index is -0.345. The maximum Gasteiger partial charge on any atom is 0.238 e. The molecule has 0 fully saturated rings. The molecule has 2 aliphatic rings. The summed E-state index contributed by atoms with van der Waals surface area (Å²) < 4.78 is 0. The average Bonchev–Trinajstić information content (AvgIpc) is 3.49. The van der Waals surface area contributed by atoms with Crippen molar-refractivity contribution in [1.29, 1.82) is 0 Å². The van der Waals surface area contributed by atoms with E-state index in [1.165, 1.54) is 82.0 Å². The van der Waals surface area contributed by atoms with E-state index in [9.17, 15) is 0 Å². The van der Waals surface area contributed by atoms with Crippen molar-refractivity contribution in [1.82, 2.24) is 15.0 Å². The van der Waals surface area contributed by atoms with Crippen molar-refractivity contribution < 1.29 is 0 Å². The van der Waals surface area contributed by atoms with Crippen molar-refractivity contribution in [2.75, 3.05) is 4.90 Å². The topological polar surface area (TPSA) is 41.9 Å². The number of benzene rings is 9. The van der Waals surface area contributed by atoms with Gasteiger partial charge in [-0.25, -0.2) is 4.98 Å². The van der Waals surface area contributed by atoms with Gasteiger partial charge in [0.1, 0.15) is 0 Å². The number of aryl methyl sites for hydroxylation is 1. The molecule has 0 atom stereocenters. The number of hydrogen-bond donors (Lipinski definition) is 0. The summed E-state index contributed by atoms with van der Waals surface area (Å²) in [5.74, 6) is 1.88. The first-order chi connectivity index (χ1) is 29.1. The Morgan fingerprint density at radius 1 is 0.383 bits per heavy atom. The van der Waals surface area contributed by atoms with E-state index in [0.717, 1.165) is 22.5 Å². The Hall–Kier alpha value is -7.17. The molecule has 286 valence electrons. The molecule has 60 heavy (non-hydrogen) atoms. The van der Waals surface area contributed by atoms with Crippen molar-refractivity contribution in [3.05, 3.63) is 192 Å². The largest absolute Gasteiger partial charge is 0.278 e. The lowest BCUT2D eigenvalue weighted by atomic mass is 9.71. The molecule has 10 aromatic rings. The maximum absolute atomic E-state index is 5.35. The van der Waals surface area contributed by atoms with Gasteiger partial charge >= 0.3 is 0 Å². The molecule has 0 spiro atoms. The van der Waals surface area contributed by atoms with Crippen LogP contribution < -0.4 is 4.90 Å². The first-order valence-corrected chi connectivity index (χ1v) is 20.9. The van der Waals surface area contributed by atoms with E-state index >= 15 is 0 Å². The minimum Gasteiger partial charge on any atom is -0.278 e. The Morgan fingerprint density at radius 3 is 1.53 bits per heavy atom. The highest BCUT2D eigenvalue weighted by atomic mass is 15.3. The van der Waals surface area contributed by atoms with Crippen molar-refractivity contribution >= 4 is 60.4 Å². The summed E-state index contributed by atoms with van der Waals surface area (Å²) in [4.78, 5) is 18.1. The van der Waals surface area contributed by atoms with Crippen LogP contribution in [0.1, 0.15) is 55.5 Å². The van der Waals surface area contributed by atoms with E-state index in [2.05, 4.69) is 167 Å². The molecular weight excluding hydrogens is 729 g/mol. The molecule has 2 heterocycles. The Kier molecular flexibility index (Phi) is 7.21. The fraction of sp³-hybridized carbons (Fsp3) is 0.125. The third-order valence-electron chi connectivity index (χ3n) is 13.5. The van der Waals surface area contributed by atoms with Crippen LogP contribution in [0, 0.1) is 6.92 Å². The van der Waals surface area contributed by atoms with E-state index in [1.54, 1.807) is 0 Å². The second-order valence-corrected chi connectivity index (χ2v) is 17.8. The molecule has 9 aromatic carbocycles. The number of fused-ring (bicyclic) bond motifs is 12. The van der Waals surface area contributed by atoms with Crippen LogP contribution in [0.25, 0.3) is 77.0 Å². The number of hydrogen-bond acceptors (Lipinski definition) is 4. The van der Waals surface area contributed by atoms with Gasteiger partial charge in [0.2, 0.25) is 5.95 Å². The van der Waals surface area contributed by atoms with Gasteiger partial charge in [-0.3, -0.25) is 4.90 Å². The van der Waals surface area contributed by atoms with Gasteiger partial charge in [0.05, 0.1) is 11.4 Å². The van der Waals surface area contributed by atoms with Gasteiger partial charge in [0, 0.05) is 22.0 Å². The highest BCUT2D eigenvalue weighted by Gasteiger charge is 2.43. The molecule has 4 nitrogen and oxygen atoms in total. The van der Waals surface area contributed by atoms with E-state index in [4.69, 9.17) is 15.0 Å². The third-order valence-corrected chi connectivity index (χ3v) is 13.5. The Morgan fingerprint density at radius 2 is 0.867 bits per heavy atom. The normalized spacial score (nSPS) is 14.7. The number of nitrogens with zero attached hydrogens (tertiary/aromatic N) is 4. The van der Waals surface area contributed by atoms with Crippen molar-refractivity contribution in [2.45, 2.75) is 45.4 Å². The van der Waals surface area contributed by atoms with Crippen molar-refractivity contribution in [3.63, 3.8) is 0 Å². The summed E-state index contributed by atoms with van der Waals surface area (Å²) in [6.45, 7) is 11.7. The van der Waals surface area contributed by atoms with E-state index in [1.807, 2.05) is 36.4 Å². The third kappa shape index (κ3) is 4.94. The lowest BCUT2D eigenvalue weighted by Gasteiger charge is -2.42. The molecule has 1 aromatic heterocycles. The van der Waals surface area contributed by atoms with Gasteiger partial charge in [0.15, 0.2) is 11.6 Å². The summed E-state index contributed by atoms with van der Waals surface area (Å²) in [6.07, 6.45) is 0. The summed E-state index contributed by atoms with van der Waals surface area (Å²) in [5.41, 5.74) is 12.5. The molecule has 0 radical (unpaired) electrons. The highest BCUT2D eigenvalue weighted by molar-refractivity contribution is 6.26. The van der Waals surface area contributed by atoms with Crippen LogP contribution in [-0.2, 0) is 10.8 Å². The first kappa shape index (κ1) is 34.8. The summed E-state index contributed by atoms with van der Waals surface area (Å²) >= 11 is 0. The van der Waals surface area contributed by atoms with Gasteiger partial charge in [-0.1, -0.05) is 161 Å². The fourth-order valence-electron chi connectivity index (χ4n) is 10.3. The van der Waals surface area contributed by atoms with Gasteiger partial charge in [-0.15, -0.1) is 0 Å². The van der Waals surface area contributed by atoms with Gasteiger partial charge in [-0.05, 0) is 120 Å². The number of aromatic nitrogens is 3. The van der Waals surface area contributed by atoms with Crippen LogP contribution in [0.3, 0.4) is 0 Å². The van der Waals surface area contributed by atoms with Crippen molar-refractivity contribution in [3.8, 4) is 33.9 Å². The number of rotatable bonds is 3. The Balaban J connectivity index is 1.16. The van der Waals surface area contributed by atoms with Gasteiger partial charge in [-0.2, -0.15) is 9.97 Å². The lowest BCUT2D eigenvalue weighted by Crippen LogP contribution is -2.32. The van der Waals surface area contributed by atoms with Crippen LogP contribution in [0.2, 0.25) is 0 Å². The second-order valence-electron chi connectivity index (χ2n) is 17.8. The molecule has 0 N–H and O–H groups in total. The van der Waals surface area contributed by atoms with Crippen LogP contribution in [0.5, 0.6) is 0 Å². The quantitative estimate of drug-likeness (QED) is 0.168. The first-order valence-electron chi connectivity index (χ1n) is 20.9. The predicted molar refractivity (Wildman–Crippen MR) is 250 cm³/mol. The zero-order valence-corrected chi connectivity index (χ0v) is 34.4. The molecule has 0 bridgehead atoms. The smallest absolute Gasteiger partial charge is 0.238 e. The zero-order valence-electron chi connectivity index (χ0n) is 34.4. The fourth-order valence-corrected chi connectivity index (χ4v) is 10.3. The second kappa shape index (κ2) is 12.4. The molecular formula is C56H42N4. The monoisotopic (exact) mass is 770 g/mol. The standard InChI is InChI=1S/C56H42N4/c1-33-24-25-40-41(26-33)38-22-14-15-23-39(38)42-29-44-45-31-49-51(32-47(45)55(2,3)46(44)30-43(40)42)60(50-28-37-21-13-12-20-36(37)27-48(50)56(49,4)5)54-58-52(34-16-8-6-9-17-34)57-53(59-54)35-18-10-7-11-19-35/h6-32H,1-5H3. The molecule has 0 saturated heterocycles. The lowest BCUT2D eigenvalue weighted by molar-refractivity contribution is 0.627. The van der Waals surface area contributed by atoms with Crippen LogP contribution >= 0.6 is 0 Å².